The van der Waals surface area contributed by atoms with Crippen molar-refractivity contribution in [1.82, 2.24) is 0 Å². The number of hydrogen-bond acceptors (Lipinski definition) is 3. The number of nitrogens with two attached hydrogens (primary N) is 2. The molecule has 25 heavy (non-hydrogen) atoms. The van der Waals surface area contributed by atoms with Gasteiger partial charge in [0.05, 0.1) is 17.7 Å². The molecule has 0 radical (unpaired) electrons. The molecule has 0 unspecified atom stereocenters. The van der Waals surface area contributed by atoms with Crippen LogP contribution in [-0.2, 0) is 11.2 Å². The summed E-state index contributed by atoms with van der Waals surface area (Å²) in [4.78, 5) is 4.06. The molecule has 0 heterocycles. The largest absolute Gasteiger partial charge is 0.423 e. The van der Waals surface area contributed by atoms with E-state index in [0.717, 1.165) is 23.9 Å². The van der Waals surface area contributed by atoms with E-state index >= 15 is 0 Å². The molecular weight excluding hydrogens is 313 g/mol. The minimum absolute atomic E-state index is 0.0849. The summed E-state index contributed by atoms with van der Waals surface area (Å²) in [7, 11) is 0. The SMILES string of the molecule is CCC(O)(CC)C(CC)(CC)OB(C)c1cccc(CN=C(N)N)c1. The minimum atomic E-state index is -0.833. The second-order valence-corrected chi connectivity index (χ2v) is 6.69. The number of guanidine groups is 1. The Balaban J connectivity index is 3.07. The monoisotopic (exact) mass is 347 g/mol. The highest BCUT2D eigenvalue weighted by molar-refractivity contribution is 6.66. The number of hydrogen-bond donors (Lipinski definition) is 3. The van der Waals surface area contributed by atoms with Gasteiger partial charge >= 0.3 is 6.92 Å². The molecule has 1 aromatic rings. The van der Waals surface area contributed by atoms with Crippen molar-refractivity contribution in [3.63, 3.8) is 0 Å². The first kappa shape index (κ1) is 21.5. The highest BCUT2D eigenvalue weighted by atomic mass is 16.5. The van der Waals surface area contributed by atoms with Gasteiger partial charge in [-0.15, -0.1) is 0 Å². The Labute approximate surface area is 153 Å². The molecule has 1 aromatic carbocycles. The van der Waals surface area contributed by atoms with Crippen molar-refractivity contribution in [2.24, 2.45) is 16.5 Å². The zero-order valence-electron chi connectivity index (χ0n) is 16.4. The van der Waals surface area contributed by atoms with E-state index in [1.807, 2.05) is 38.9 Å². The first-order chi connectivity index (χ1) is 11.8. The van der Waals surface area contributed by atoms with Crippen molar-refractivity contribution in [1.29, 1.82) is 0 Å². The number of nitrogens with zero attached hydrogens (tertiary/aromatic N) is 1. The standard InChI is InChI=1S/C19H34BN3O2/c1-6-18(24,7-2)19(8-3,9-4)25-20(5)16-12-10-11-15(13-16)14-23-17(21)22/h10-13,24H,6-9,14H2,1-5H3,(H4,21,22,23). The Bertz CT molecular complexity index is 566. The highest BCUT2D eigenvalue weighted by Crippen LogP contribution is 2.38. The van der Waals surface area contributed by atoms with Crippen molar-refractivity contribution in [3.05, 3.63) is 29.8 Å². The van der Waals surface area contributed by atoms with Crippen LogP contribution in [0.3, 0.4) is 0 Å². The lowest BCUT2D eigenvalue weighted by atomic mass is 9.61. The smallest absolute Gasteiger partial charge is 0.324 e. The molecule has 0 fully saturated rings. The van der Waals surface area contributed by atoms with Gasteiger partial charge in [0, 0.05) is 0 Å². The van der Waals surface area contributed by atoms with Crippen molar-refractivity contribution in [2.75, 3.05) is 0 Å². The summed E-state index contributed by atoms with van der Waals surface area (Å²) in [5.41, 5.74) is 11.5. The first-order valence-corrected chi connectivity index (χ1v) is 9.31. The average molecular weight is 347 g/mol. The van der Waals surface area contributed by atoms with Crippen LogP contribution in [0.25, 0.3) is 0 Å². The molecular formula is C19H34BN3O2. The summed E-state index contributed by atoms with van der Waals surface area (Å²) in [6.45, 7) is 10.6. The van der Waals surface area contributed by atoms with Crippen LogP contribution in [0.4, 0.5) is 0 Å². The number of aliphatic hydroxyl groups is 1. The maximum absolute atomic E-state index is 11.2. The Morgan fingerprint density at radius 1 is 1.12 bits per heavy atom. The van der Waals surface area contributed by atoms with Gasteiger partial charge in [-0.3, -0.25) is 0 Å². The normalized spacial score (nSPS) is 12.1. The maximum atomic E-state index is 11.2. The molecule has 0 saturated carbocycles. The predicted molar refractivity (Wildman–Crippen MR) is 107 cm³/mol. The van der Waals surface area contributed by atoms with Crippen LogP contribution in [0, 0.1) is 0 Å². The molecule has 0 aromatic heterocycles. The third-order valence-corrected chi connectivity index (χ3v) is 5.43. The van der Waals surface area contributed by atoms with Gasteiger partial charge in [0.15, 0.2) is 5.96 Å². The summed E-state index contributed by atoms with van der Waals surface area (Å²) in [6, 6.07) is 8.07. The summed E-state index contributed by atoms with van der Waals surface area (Å²) in [5, 5.41) is 11.2. The molecule has 0 amide bonds. The Morgan fingerprint density at radius 3 is 2.20 bits per heavy atom. The molecule has 5 N–H and O–H groups in total. The van der Waals surface area contributed by atoms with Crippen LogP contribution in [0.1, 0.15) is 58.9 Å². The highest BCUT2D eigenvalue weighted by Gasteiger charge is 2.47. The van der Waals surface area contributed by atoms with Gasteiger partial charge < -0.3 is 21.2 Å². The lowest BCUT2D eigenvalue weighted by Crippen LogP contribution is -2.58. The summed E-state index contributed by atoms with van der Waals surface area (Å²) in [5.74, 6) is 0.0849. The summed E-state index contributed by atoms with van der Waals surface area (Å²) in [6.07, 6.45) is 2.87. The number of benzene rings is 1. The van der Waals surface area contributed by atoms with Crippen molar-refractivity contribution >= 4 is 18.3 Å². The van der Waals surface area contributed by atoms with E-state index < -0.39 is 11.2 Å². The third-order valence-electron chi connectivity index (χ3n) is 5.43. The number of aliphatic imine (C=N–C) groups is 1. The average Bonchev–Trinajstić information content (AvgIpc) is 2.63. The van der Waals surface area contributed by atoms with Crippen LogP contribution < -0.4 is 16.9 Å². The van der Waals surface area contributed by atoms with E-state index in [-0.39, 0.29) is 12.9 Å². The minimum Gasteiger partial charge on any atom is -0.423 e. The van der Waals surface area contributed by atoms with Gasteiger partial charge in [0.1, 0.15) is 0 Å². The fourth-order valence-electron chi connectivity index (χ4n) is 3.61. The van der Waals surface area contributed by atoms with Crippen LogP contribution in [0.2, 0.25) is 6.82 Å². The predicted octanol–water partition coefficient (Wildman–Crippen LogP) is 2.41. The van der Waals surface area contributed by atoms with Crippen molar-refractivity contribution in [2.45, 2.75) is 77.9 Å². The van der Waals surface area contributed by atoms with Crippen molar-refractivity contribution in [3.8, 4) is 0 Å². The maximum Gasteiger partial charge on any atom is 0.324 e. The van der Waals surface area contributed by atoms with Gasteiger partial charge in [0.25, 0.3) is 0 Å². The van der Waals surface area contributed by atoms with E-state index in [1.54, 1.807) is 0 Å². The van der Waals surface area contributed by atoms with Gasteiger partial charge in [-0.25, -0.2) is 4.99 Å². The molecule has 0 bridgehead atoms. The lowest BCUT2D eigenvalue weighted by molar-refractivity contribution is -0.145. The van der Waals surface area contributed by atoms with Crippen LogP contribution in [-0.4, -0.2) is 29.2 Å². The van der Waals surface area contributed by atoms with E-state index in [0.29, 0.717) is 19.4 Å². The molecule has 0 saturated heterocycles. The lowest BCUT2D eigenvalue weighted by Gasteiger charge is -2.47. The zero-order valence-corrected chi connectivity index (χ0v) is 16.4. The first-order valence-electron chi connectivity index (χ1n) is 9.31. The topological polar surface area (TPSA) is 93.9 Å². The molecule has 0 aliphatic heterocycles. The van der Waals surface area contributed by atoms with E-state index in [1.165, 1.54) is 0 Å². The molecule has 1 rings (SSSR count). The van der Waals surface area contributed by atoms with E-state index in [4.69, 9.17) is 16.1 Å². The molecule has 0 atom stereocenters. The fraction of sp³-hybridized carbons (Fsp3) is 0.632. The van der Waals surface area contributed by atoms with Gasteiger partial charge in [-0.05, 0) is 36.7 Å². The quantitative estimate of drug-likeness (QED) is 0.344. The van der Waals surface area contributed by atoms with E-state index in [9.17, 15) is 5.11 Å². The van der Waals surface area contributed by atoms with Crippen LogP contribution >= 0.6 is 0 Å². The van der Waals surface area contributed by atoms with Gasteiger partial charge in [-0.2, -0.15) is 0 Å². The second-order valence-electron chi connectivity index (χ2n) is 6.69. The molecule has 6 heteroatoms. The van der Waals surface area contributed by atoms with Gasteiger partial charge in [0.2, 0.25) is 0 Å². The van der Waals surface area contributed by atoms with E-state index in [2.05, 4.69) is 24.9 Å². The van der Waals surface area contributed by atoms with Crippen LogP contribution in [0.5, 0.6) is 0 Å². The third kappa shape index (κ3) is 4.99. The zero-order chi connectivity index (χ0) is 19.1. The molecule has 0 aliphatic carbocycles. The summed E-state index contributed by atoms with van der Waals surface area (Å²) >= 11 is 0. The Kier molecular flexibility index (Phi) is 7.96. The second kappa shape index (κ2) is 9.25. The Morgan fingerprint density at radius 2 is 1.72 bits per heavy atom. The fourth-order valence-corrected chi connectivity index (χ4v) is 3.61. The van der Waals surface area contributed by atoms with Gasteiger partial charge in [-0.1, -0.05) is 58.8 Å². The molecule has 0 spiro atoms. The Hall–Kier alpha value is -1.53. The molecule has 5 nitrogen and oxygen atoms in total. The molecule has 0 aliphatic rings. The summed E-state index contributed by atoms with van der Waals surface area (Å²) < 4.78 is 6.51. The number of rotatable bonds is 10. The van der Waals surface area contributed by atoms with Crippen molar-refractivity contribution < 1.29 is 9.76 Å². The molecule has 140 valence electrons. The van der Waals surface area contributed by atoms with Crippen LogP contribution in [0.15, 0.2) is 29.3 Å².